The molecule has 0 aromatic carbocycles. The maximum atomic E-state index is 8.92. The first-order valence-electron chi connectivity index (χ1n) is 4.56. The van der Waals surface area contributed by atoms with Gasteiger partial charge in [0.25, 0.3) is 0 Å². The van der Waals surface area contributed by atoms with Crippen LogP contribution in [0.15, 0.2) is 24.6 Å². The van der Waals surface area contributed by atoms with Gasteiger partial charge >= 0.3 is 0 Å². The van der Waals surface area contributed by atoms with Gasteiger partial charge in [-0.25, -0.2) is 0 Å². The number of aliphatic hydroxyl groups excluding tert-OH is 1. The lowest BCUT2D eigenvalue weighted by Gasteiger charge is -2.09. The third kappa shape index (κ3) is 7.40. The zero-order chi connectivity index (χ0) is 10.3. The molecule has 13 heavy (non-hydrogen) atoms. The highest BCUT2D eigenvalue weighted by Gasteiger charge is 2.03. The lowest BCUT2D eigenvalue weighted by molar-refractivity contribution is 0.358. The van der Waals surface area contributed by atoms with Crippen LogP contribution in [0.4, 0.5) is 0 Å². The van der Waals surface area contributed by atoms with Crippen molar-refractivity contribution in [2.45, 2.75) is 32.2 Å². The van der Waals surface area contributed by atoms with Crippen molar-refractivity contribution in [2.24, 2.45) is 5.73 Å². The number of hydrogen-bond donors (Lipinski definition) is 3. The summed E-state index contributed by atoms with van der Waals surface area (Å²) >= 11 is 0. The Morgan fingerprint density at radius 1 is 1.46 bits per heavy atom. The Labute approximate surface area is 80.3 Å². The Hall–Kier alpha value is -0.960. The standard InChI is InChI=1S/C10H20N2O/c1-8(2)12-7-5-4-6-10(11)9(3)13/h10,12-13H,1,3-7,11H2,2H3. The van der Waals surface area contributed by atoms with Gasteiger partial charge in [0, 0.05) is 12.2 Å². The summed E-state index contributed by atoms with van der Waals surface area (Å²) in [4.78, 5) is 0. The summed E-state index contributed by atoms with van der Waals surface area (Å²) in [5.41, 5.74) is 6.55. The van der Waals surface area contributed by atoms with E-state index in [0.29, 0.717) is 0 Å². The van der Waals surface area contributed by atoms with Gasteiger partial charge in [0.1, 0.15) is 5.76 Å². The molecule has 0 aliphatic carbocycles. The van der Waals surface area contributed by atoms with E-state index in [1.54, 1.807) is 0 Å². The number of allylic oxidation sites excluding steroid dienone is 1. The molecule has 0 spiro atoms. The van der Waals surface area contributed by atoms with Crippen LogP contribution in [0.1, 0.15) is 26.2 Å². The van der Waals surface area contributed by atoms with Crippen LogP contribution in [0.25, 0.3) is 0 Å². The van der Waals surface area contributed by atoms with E-state index in [-0.39, 0.29) is 11.8 Å². The largest absolute Gasteiger partial charge is 0.511 e. The van der Waals surface area contributed by atoms with Crippen molar-refractivity contribution in [3.63, 3.8) is 0 Å². The van der Waals surface area contributed by atoms with Crippen molar-refractivity contribution >= 4 is 0 Å². The highest BCUT2D eigenvalue weighted by atomic mass is 16.3. The maximum Gasteiger partial charge on any atom is 0.102 e. The number of nitrogens with one attached hydrogen (secondary N) is 1. The van der Waals surface area contributed by atoms with E-state index >= 15 is 0 Å². The molecule has 0 heterocycles. The molecule has 0 aromatic rings. The zero-order valence-corrected chi connectivity index (χ0v) is 8.34. The van der Waals surface area contributed by atoms with Crippen molar-refractivity contribution in [3.8, 4) is 0 Å². The van der Waals surface area contributed by atoms with Gasteiger partial charge in [-0.05, 0) is 26.2 Å². The Balaban J connectivity index is 3.26. The van der Waals surface area contributed by atoms with Gasteiger partial charge < -0.3 is 16.2 Å². The van der Waals surface area contributed by atoms with Crippen LogP contribution in [0.2, 0.25) is 0 Å². The molecular formula is C10H20N2O. The highest BCUT2D eigenvalue weighted by Crippen LogP contribution is 2.03. The third-order valence-corrected chi connectivity index (χ3v) is 1.80. The lowest BCUT2D eigenvalue weighted by atomic mass is 10.1. The molecule has 0 rings (SSSR count). The van der Waals surface area contributed by atoms with Gasteiger partial charge in [0.2, 0.25) is 0 Å². The molecule has 0 aliphatic rings. The van der Waals surface area contributed by atoms with Crippen LogP contribution in [0.3, 0.4) is 0 Å². The van der Waals surface area contributed by atoms with E-state index in [9.17, 15) is 0 Å². The van der Waals surface area contributed by atoms with Crippen LogP contribution >= 0.6 is 0 Å². The predicted molar refractivity (Wildman–Crippen MR) is 56.4 cm³/mol. The first-order chi connectivity index (χ1) is 6.04. The van der Waals surface area contributed by atoms with E-state index in [1.165, 1.54) is 0 Å². The van der Waals surface area contributed by atoms with Crippen molar-refractivity contribution in [1.29, 1.82) is 0 Å². The van der Waals surface area contributed by atoms with Crippen molar-refractivity contribution in [1.82, 2.24) is 5.32 Å². The maximum absolute atomic E-state index is 8.92. The lowest BCUT2D eigenvalue weighted by Crippen LogP contribution is -2.22. The van der Waals surface area contributed by atoms with Gasteiger partial charge in [0.05, 0.1) is 6.04 Å². The molecule has 0 amide bonds. The summed E-state index contributed by atoms with van der Waals surface area (Å²) in [7, 11) is 0. The zero-order valence-electron chi connectivity index (χ0n) is 8.34. The molecule has 0 radical (unpaired) electrons. The number of aliphatic hydroxyl groups is 1. The van der Waals surface area contributed by atoms with Crippen molar-refractivity contribution in [3.05, 3.63) is 24.6 Å². The monoisotopic (exact) mass is 184 g/mol. The number of nitrogens with two attached hydrogens (primary N) is 1. The average Bonchev–Trinajstić information content (AvgIpc) is 2.02. The molecule has 76 valence electrons. The minimum absolute atomic E-state index is 0.0767. The fourth-order valence-electron chi connectivity index (χ4n) is 0.958. The first-order valence-corrected chi connectivity index (χ1v) is 4.56. The summed E-state index contributed by atoms with van der Waals surface area (Å²) in [6.07, 6.45) is 2.81. The van der Waals surface area contributed by atoms with E-state index in [4.69, 9.17) is 10.8 Å². The topological polar surface area (TPSA) is 58.3 Å². The van der Waals surface area contributed by atoms with Crippen molar-refractivity contribution < 1.29 is 5.11 Å². The number of hydrogen-bond acceptors (Lipinski definition) is 3. The number of unbranched alkanes of at least 4 members (excludes halogenated alkanes) is 1. The van der Waals surface area contributed by atoms with Gasteiger partial charge in [-0.3, -0.25) is 0 Å². The van der Waals surface area contributed by atoms with E-state index < -0.39 is 0 Å². The summed E-state index contributed by atoms with van der Waals surface area (Å²) < 4.78 is 0. The summed E-state index contributed by atoms with van der Waals surface area (Å²) in [5, 5.41) is 12.0. The molecule has 3 nitrogen and oxygen atoms in total. The first kappa shape index (κ1) is 12.0. The highest BCUT2D eigenvalue weighted by molar-refractivity contribution is 4.91. The molecule has 1 atom stereocenters. The van der Waals surface area contributed by atoms with Gasteiger partial charge in [-0.2, -0.15) is 0 Å². The Morgan fingerprint density at radius 3 is 2.54 bits per heavy atom. The van der Waals surface area contributed by atoms with Gasteiger partial charge in [-0.15, -0.1) is 0 Å². The molecular weight excluding hydrogens is 164 g/mol. The second-order valence-corrected chi connectivity index (χ2v) is 3.30. The van der Waals surface area contributed by atoms with E-state index in [1.807, 2.05) is 6.92 Å². The molecule has 0 aromatic heterocycles. The Morgan fingerprint density at radius 2 is 2.08 bits per heavy atom. The third-order valence-electron chi connectivity index (χ3n) is 1.80. The minimum atomic E-state index is -0.273. The molecule has 0 fully saturated rings. The Kier molecular flexibility index (Phi) is 6.06. The normalized spacial score (nSPS) is 12.2. The van der Waals surface area contributed by atoms with Gasteiger partial charge in [0.15, 0.2) is 0 Å². The number of rotatable bonds is 7. The molecule has 4 N–H and O–H groups in total. The van der Waals surface area contributed by atoms with Crippen LogP contribution in [0.5, 0.6) is 0 Å². The van der Waals surface area contributed by atoms with Crippen LogP contribution in [-0.2, 0) is 0 Å². The predicted octanol–water partition coefficient (Wildman–Crippen LogP) is 1.68. The Bertz CT molecular complexity index is 178. The fraction of sp³-hybridized carbons (Fsp3) is 0.600. The second kappa shape index (κ2) is 6.54. The minimum Gasteiger partial charge on any atom is -0.511 e. The molecule has 0 saturated carbocycles. The molecule has 0 saturated heterocycles. The van der Waals surface area contributed by atoms with Crippen LogP contribution < -0.4 is 11.1 Å². The van der Waals surface area contributed by atoms with E-state index in [2.05, 4.69) is 18.5 Å². The molecule has 0 aliphatic heterocycles. The van der Waals surface area contributed by atoms with E-state index in [0.717, 1.165) is 31.5 Å². The second-order valence-electron chi connectivity index (χ2n) is 3.30. The van der Waals surface area contributed by atoms with Crippen LogP contribution in [0, 0.1) is 0 Å². The molecule has 0 bridgehead atoms. The SMILES string of the molecule is C=C(C)NCCCCC(N)C(=C)O. The fourth-order valence-corrected chi connectivity index (χ4v) is 0.958. The quantitative estimate of drug-likeness (QED) is 0.417. The summed E-state index contributed by atoms with van der Waals surface area (Å²) in [6, 6.07) is -0.273. The average molecular weight is 184 g/mol. The smallest absolute Gasteiger partial charge is 0.102 e. The summed E-state index contributed by atoms with van der Waals surface area (Å²) in [6.45, 7) is 9.96. The van der Waals surface area contributed by atoms with Gasteiger partial charge in [-0.1, -0.05) is 13.2 Å². The van der Waals surface area contributed by atoms with Crippen LogP contribution in [-0.4, -0.2) is 17.7 Å². The molecule has 3 heteroatoms. The van der Waals surface area contributed by atoms with Crippen molar-refractivity contribution in [2.75, 3.05) is 6.54 Å². The summed E-state index contributed by atoms with van der Waals surface area (Å²) in [5.74, 6) is 0.0767. The molecule has 1 unspecified atom stereocenters.